The van der Waals surface area contributed by atoms with Crippen molar-refractivity contribution < 1.29 is 4.79 Å². The van der Waals surface area contributed by atoms with Gasteiger partial charge < -0.3 is 5.73 Å². The van der Waals surface area contributed by atoms with E-state index in [0.717, 1.165) is 24.8 Å². The molecule has 0 fully saturated rings. The largest absolute Gasteiger partial charge is 0.369 e. The van der Waals surface area contributed by atoms with E-state index in [9.17, 15) is 4.79 Å². The van der Waals surface area contributed by atoms with Crippen molar-refractivity contribution in [1.82, 2.24) is 4.98 Å². The van der Waals surface area contributed by atoms with Gasteiger partial charge in [-0.3, -0.25) is 9.78 Å². The van der Waals surface area contributed by atoms with Crippen LogP contribution in [0.15, 0.2) is 24.5 Å². The van der Waals surface area contributed by atoms with E-state index in [2.05, 4.69) is 11.9 Å². The molecule has 1 aromatic rings. The van der Waals surface area contributed by atoms with Gasteiger partial charge in [0.05, 0.1) is 5.92 Å². The number of primary amides is 1. The van der Waals surface area contributed by atoms with Crippen LogP contribution in [0.4, 0.5) is 0 Å². The molecule has 0 aromatic carbocycles. The average molecular weight is 192 g/mol. The van der Waals surface area contributed by atoms with Gasteiger partial charge in [-0.1, -0.05) is 25.8 Å². The van der Waals surface area contributed by atoms with E-state index < -0.39 is 0 Å². The molecule has 1 amide bonds. The molecule has 3 heteroatoms. The quantitative estimate of drug-likeness (QED) is 0.773. The van der Waals surface area contributed by atoms with Gasteiger partial charge in [0.1, 0.15) is 0 Å². The average Bonchev–Trinajstić information content (AvgIpc) is 2.19. The molecular formula is C11H16N2O. The van der Waals surface area contributed by atoms with Crippen molar-refractivity contribution in [2.24, 2.45) is 5.73 Å². The first kappa shape index (κ1) is 10.7. The normalized spacial score (nSPS) is 12.4. The third kappa shape index (κ3) is 2.83. The molecule has 76 valence electrons. The van der Waals surface area contributed by atoms with E-state index in [4.69, 9.17) is 5.73 Å². The molecule has 1 unspecified atom stereocenters. The Morgan fingerprint density at radius 3 is 2.93 bits per heavy atom. The summed E-state index contributed by atoms with van der Waals surface area (Å²) in [5.74, 6) is -0.435. The minimum atomic E-state index is -0.258. The zero-order valence-electron chi connectivity index (χ0n) is 8.44. The number of pyridine rings is 1. The van der Waals surface area contributed by atoms with E-state index in [1.807, 2.05) is 12.1 Å². The highest BCUT2D eigenvalue weighted by atomic mass is 16.1. The van der Waals surface area contributed by atoms with Crippen molar-refractivity contribution in [2.45, 2.75) is 32.1 Å². The Bertz CT molecular complexity index is 285. The Morgan fingerprint density at radius 2 is 2.43 bits per heavy atom. The maximum absolute atomic E-state index is 11.2. The van der Waals surface area contributed by atoms with Crippen molar-refractivity contribution in [3.8, 4) is 0 Å². The summed E-state index contributed by atoms with van der Waals surface area (Å²) in [6.07, 6.45) is 6.32. The summed E-state index contributed by atoms with van der Waals surface area (Å²) in [7, 11) is 0. The Labute approximate surface area is 84.3 Å². The maximum atomic E-state index is 11.2. The van der Waals surface area contributed by atoms with E-state index in [0.29, 0.717) is 0 Å². The van der Waals surface area contributed by atoms with Crippen LogP contribution in [0.3, 0.4) is 0 Å². The summed E-state index contributed by atoms with van der Waals surface area (Å²) in [4.78, 5) is 15.2. The first-order valence-corrected chi connectivity index (χ1v) is 4.95. The van der Waals surface area contributed by atoms with Gasteiger partial charge in [0, 0.05) is 12.4 Å². The minimum Gasteiger partial charge on any atom is -0.369 e. The molecule has 3 nitrogen and oxygen atoms in total. The van der Waals surface area contributed by atoms with Gasteiger partial charge in [-0.15, -0.1) is 0 Å². The second-order valence-corrected chi connectivity index (χ2v) is 3.38. The van der Waals surface area contributed by atoms with Gasteiger partial charge in [0.25, 0.3) is 0 Å². The highest BCUT2D eigenvalue weighted by Gasteiger charge is 2.16. The Hall–Kier alpha value is -1.38. The van der Waals surface area contributed by atoms with Crippen molar-refractivity contribution in [3.63, 3.8) is 0 Å². The second-order valence-electron chi connectivity index (χ2n) is 3.38. The molecule has 0 saturated heterocycles. The van der Waals surface area contributed by atoms with Gasteiger partial charge in [0.15, 0.2) is 0 Å². The van der Waals surface area contributed by atoms with Crippen LogP contribution in [0.5, 0.6) is 0 Å². The van der Waals surface area contributed by atoms with Crippen LogP contribution >= 0.6 is 0 Å². The lowest BCUT2D eigenvalue weighted by atomic mass is 9.94. The lowest BCUT2D eigenvalue weighted by Gasteiger charge is -2.12. The Morgan fingerprint density at radius 1 is 1.64 bits per heavy atom. The zero-order valence-corrected chi connectivity index (χ0v) is 8.44. The van der Waals surface area contributed by atoms with Crippen LogP contribution in [-0.2, 0) is 4.79 Å². The molecule has 0 aliphatic carbocycles. The van der Waals surface area contributed by atoms with Crippen LogP contribution in [0.25, 0.3) is 0 Å². The minimum absolute atomic E-state index is 0.177. The van der Waals surface area contributed by atoms with E-state index in [1.165, 1.54) is 0 Å². The SMILES string of the molecule is CCCCC(C(N)=O)c1cccnc1. The summed E-state index contributed by atoms with van der Waals surface area (Å²) >= 11 is 0. The van der Waals surface area contributed by atoms with Crippen LogP contribution in [-0.4, -0.2) is 10.9 Å². The van der Waals surface area contributed by atoms with Gasteiger partial charge in [-0.25, -0.2) is 0 Å². The molecule has 1 atom stereocenters. The third-order valence-corrected chi connectivity index (χ3v) is 2.28. The molecule has 0 bridgehead atoms. The summed E-state index contributed by atoms with van der Waals surface area (Å²) in [5.41, 5.74) is 6.27. The number of hydrogen-bond acceptors (Lipinski definition) is 2. The fourth-order valence-corrected chi connectivity index (χ4v) is 1.46. The predicted molar refractivity (Wildman–Crippen MR) is 55.7 cm³/mol. The number of hydrogen-bond donors (Lipinski definition) is 1. The van der Waals surface area contributed by atoms with Crippen LogP contribution in [0, 0.1) is 0 Å². The van der Waals surface area contributed by atoms with Crippen molar-refractivity contribution in [2.75, 3.05) is 0 Å². The Kier molecular flexibility index (Phi) is 4.11. The summed E-state index contributed by atoms with van der Waals surface area (Å²) in [5, 5.41) is 0. The molecule has 0 aliphatic rings. The molecule has 0 aliphatic heterocycles. The van der Waals surface area contributed by atoms with Crippen LogP contribution < -0.4 is 5.73 Å². The number of carbonyl (C=O) groups excluding carboxylic acids is 1. The molecular weight excluding hydrogens is 176 g/mol. The van der Waals surface area contributed by atoms with Crippen LogP contribution in [0.1, 0.15) is 37.7 Å². The van der Waals surface area contributed by atoms with Gasteiger partial charge in [-0.05, 0) is 18.1 Å². The smallest absolute Gasteiger partial charge is 0.225 e. The zero-order chi connectivity index (χ0) is 10.4. The molecule has 1 rings (SSSR count). The monoisotopic (exact) mass is 192 g/mol. The number of unbranched alkanes of at least 4 members (excludes halogenated alkanes) is 1. The molecule has 1 aromatic heterocycles. The summed E-state index contributed by atoms with van der Waals surface area (Å²) in [6, 6.07) is 3.73. The van der Waals surface area contributed by atoms with Gasteiger partial charge in [-0.2, -0.15) is 0 Å². The van der Waals surface area contributed by atoms with E-state index in [-0.39, 0.29) is 11.8 Å². The number of nitrogens with two attached hydrogens (primary N) is 1. The molecule has 0 spiro atoms. The van der Waals surface area contributed by atoms with E-state index >= 15 is 0 Å². The molecule has 1 heterocycles. The number of amides is 1. The lowest BCUT2D eigenvalue weighted by Crippen LogP contribution is -2.21. The van der Waals surface area contributed by atoms with Crippen LogP contribution in [0.2, 0.25) is 0 Å². The first-order chi connectivity index (χ1) is 6.75. The highest BCUT2D eigenvalue weighted by Crippen LogP contribution is 2.20. The fourth-order valence-electron chi connectivity index (χ4n) is 1.46. The number of rotatable bonds is 5. The molecule has 0 radical (unpaired) electrons. The van der Waals surface area contributed by atoms with Crippen molar-refractivity contribution in [3.05, 3.63) is 30.1 Å². The van der Waals surface area contributed by atoms with E-state index in [1.54, 1.807) is 12.4 Å². The fraction of sp³-hybridized carbons (Fsp3) is 0.455. The van der Waals surface area contributed by atoms with Gasteiger partial charge in [0.2, 0.25) is 5.91 Å². The summed E-state index contributed by atoms with van der Waals surface area (Å²) < 4.78 is 0. The highest BCUT2D eigenvalue weighted by molar-refractivity contribution is 5.81. The third-order valence-electron chi connectivity index (χ3n) is 2.28. The Balaban J connectivity index is 2.73. The first-order valence-electron chi connectivity index (χ1n) is 4.95. The molecule has 2 N–H and O–H groups in total. The van der Waals surface area contributed by atoms with Crippen molar-refractivity contribution >= 4 is 5.91 Å². The lowest BCUT2D eigenvalue weighted by molar-refractivity contribution is -0.119. The maximum Gasteiger partial charge on any atom is 0.225 e. The number of nitrogens with zero attached hydrogens (tertiary/aromatic N) is 1. The molecule has 14 heavy (non-hydrogen) atoms. The number of aromatic nitrogens is 1. The number of carbonyl (C=O) groups is 1. The molecule has 0 saturated carbocycles. The standard InChI is InChI=1S/C11H16N2O/c1-2-3-6-10(11(12)14)9-5-4-7-13-8-9/h4-5,7-8,10H,2-3,6H2,1H3,(H2,12,14). The van der Waals surface area contributed by atoms with Crippen molar-refractivity contribution in [1.29, 1.82) is 0 Å². The topological polar surface area (TPSA) is 56.0 Å². The van der Waals surface area contributed by atoms with Gasteiger partial charge >= 0.3 is 0 Å². The second kappa shape index (κ2) is 5.37. The summed E-state index contributed by atoms with van der Waals surface area (Å²) in [6.45, 7) is 2.10. The predicted octanol–water partition coefficient (Wildman–Crippen LogP) is 1.84.